The van der Waals surface area contributed by atoms with Gasteiger partial charge in [-0.3, -0.25) is 4.79 Å². The maximum absolute atomic E-state index is 13.0. The molecule has 0 bridgehead atoms. The number of benzene rings is 1. The van der Waals surface area contributed by atoms with Gasteiger partial charge in [-0.15, -0.1) is 12.4 Å². The highest BCUT2D eigenvalue weighted by Crippen LogP contribution is 2.39. The highest BCUT2D eigenvalue weighted by atomic mass is 35.5. The van der Waals surface area contributed by atoms with Crippen molar-refractivity contribution in [2.75, 3.05) is 40.0 Å². The van der Waals surface area contributed by atoms with Crippen molar-refractivity contribution in [2.24, 2.45) is 11.7 Å². The number of nitrogens with zero attached hydrogens (tertiary/aromatic N) is 1. The third kappa shape index (κ3) is 4.60. The van der Waals surface area contributed by atoms with Crippen LogP contribution in [-0.2, 0) is 14.8 Å². The van der Waals surface area contributed by atoms with Gasteiger partial charge in [0.2, 0.25) is 10.0 Å². The van der Waals surface area contributed by atoms with Gasteiger partial charge in [0.1, 0.15) is 10.6 Å². The molecule has 1 aromatic carbocycles. The van der Waals surface area contributed by atoms with Crippen LogP contribution in [0.25, 0.3) is 0 Å². The van der Waals surface area contributed by atoms with Gasteiger partial charge in [-0.05, 0) is 43.9 Å². The van der Waals surface area contributed by atoms with Gasteiger partial charge >= 0.3 is 0 Å². The number of carbonyl (C=O) groups excluding carboxylic acids is 1. The van der Waals surface area contributed by atoms with Crippen molar-refractivity contribution in [3.05, 3.63) is 23.8 Å². The van der Waals surface area contributed by atoms with E-state index in [0.29, 0.717) is 25.7 Å². The van der Waals surface area contributed by atoms with Crippen molar-refractivity contribution in [1.82, 2.24) is 9.62 Å². The number of nitrogens with one attached hydrogen (secondary N) is 1. The lowest BCUT2D eigenvalue weighted by Gasteiger charge is -2.30. The topological polar surface area (TPSA) is 111 Å². The van der Waals surface area contributed by atoms with Gasteiger partial charge in [0.15, 0.2) is 0 Å². The summed E-state index contributed by atoms with van der Waals surface area (Å²) in [7, 11) is -2.38. The minimum atomic E-state index is -3.79. The van der Waals surface area contributed by atoms with Gasteiger partial charge in [0.05, 0.1) is 25.9 Å². The van der Waals surface area contributed by atoms with E-state index in [2.05, 4.69) is 5.32 Å². The molecule has 1 aliphatic heterocycles. The molecule has 1 heterocycles. The van der Waals surface area contributed by atoms with Crippen molar-refractivity contribution in [1.29, 1.82) is 0 Å². The van der Waals surface area contributed by atoms with Crippen molar-refractivity contribution >= 4 is 28.3 Å². The summed E-state index contributed by atoms with van der Waals surface area (Å²) >= 11 is 0. The SMILES string of the molecule is COc1ccc(C(=O)NC(C)(CN)C2CC2)cc1S(=O)(=O)N1CCOCC1.Cl. The molecule has 1 unspecified atom stereocenters. The smallest absolute Gasteiger partial charge is 0.251 e. The van der Waals surface area contributed by atoms with E-state index in [4.69, 9.17) is 15.2 Å². The molecule has 0 aromatic heterocycles. The van der Waals surface area contributed by atoms with Crippen LogP contribution in [0.1, 0.15) is 30.1 Å². The molecule has 0 radical (unpaired) electrons. The van der Waals surface area contributed by atoms with Crippen molar-refractivity contribution in [3.8, 4) is 5.75 Å². The molecular weight excluding hydrogens is 406 g/mol. The summed E-state index contributed by atoms with van der Waals surface area (Å²) < 4.78 is 37.9. The number of carbonyl (C=O) groups is 1. The maximum Gasteiger partial charge on any atom is 0.251 e. The second kappa shape index (κ2) is 8.96. The van der Waals surface area contributed by atoms with Gasteiger partial charge in [-0.25, -0.2) is 8.42 Å². The van der Waals surface area contributed by atoms with Crippen molar-refractivity contribution in [2.45, 2.75) is 30.2 Å². The fraction of sp³-hybridized carbons (Fsp3) is 0.611. The number of hydrogen-bond donors (Lipinski definition) is 2. The van der Waals surface area contributed by atoms with Gasteiger partial charge < -0.3 is 20.5 Å². The van der Waals surface area contributed by atoms with Gasteiger partial charge in [-0.1, -0.05) is 0 Å². The lowest BCUT2D eigenvalue weighted by atomic mass is 9.95. The molecule has 10 heteroatoms. The first-order valence-electron chi connectivity index (χ1n) is 9.10. The molecule has 28 heavy (non-hydrogen) atoms. The largest absolute Gasteiger partial charge is 0.495 e. The molecule has 2 fully saturated rings. The highest BCUT2D eigenvalue weighted by Gasteiger charge is 2.41. The first-order valence-corrected chi connectivity index (χ1v) is 10.5. The Morgan fingerprint density at radius 3 is 2.54 bits per heavy atom. The van der Waals surface area contributed by atoms with Crippen LogP contribution in [0, 0.1) is 5.92 Å². The lowest BCUT2D eigenvalue weighted by molar-refractivity contribution is 0.0729. The van der Waals surface area contributed by atoms with Crippen LogP contribution in [-0.4, -0.2) is 64.1 Å². The maximum atomic E-state index is 13.0. The Hall–Kier alpha value is -1.39. The van der Waals surface area contributed by atoms with Crippen molar-refractivity contribution < 1.29 is 22.7 Å². The Bertz CT molecular complexity index is 809. The summed E-state index contributed by atoms with van der Waals surface area (Å²) in [6.07, 6.45) is 2.07. The second-order valence-corrected chi connectivity index (χ2v) is 9.14. The van der Waals surface area contributed by atoms with Crippen LogP contribution >= 0.6 is 12.4 Å². The molecule has 158 valence electrons. The number of rotatable bonds is 7. The molecule has 1 saturated heterocycles. The minimum absolute atomic E-state index is 0. The van der Waals surface area contributed by atoms with Gasteiger partial charge in [0, 0.05) is 25.2 Å². The number of nitrogens with two attached hydrogens (primary N) is 1. The van der Waals surface area contributed by atoms with Crippen LogP contribution in [0.4, 0.5) is 0 Å². The Kier molecular flexibility index (Phi) is 7.33. The van der Waals surface area contributed by atoms with E-state index in [9.17, 15) is 13.2 Å². The fourth-order valence-electron chi connectivity index (χ4n) is 3.32. The first kappa shape index (κ1) is 22.9. The quantitative estimate of drug-likeness (QED) is 0.663. The summed E-state index contributed by atoms with van der Waals surface area (Å²) in [5.41, 5.74) is 5.65. The zero-order chi connectivity index (χ0) is 19.7. The minimum Gasteiger partial charge on any atom is -0.495 e. The lowest BCUT2D eigenvalue weighted by Crippen LogP contribution is -2.53. The summed E-state index contributed by atoms with van der Waals surface area (Å²) in [5, 5.41) is 2.98. The summed E-state index contributed by atoms with van der Waals surface area (Å²) in [5.74, 6) is 0.235. The van der Waals surface area contributed by atoms with Crippen LogP contribution in [0.3, 0.4) is 0 Å². The predicted octanol–water partition coefficient (Wildman–Crippen LogP) is 0.995. The Labute approximate surface area is 172 Å². The third-order valence-corrected chi connectivity index (χ3v) is 7.24. The average Bonchev–Trinajstić information content (AvgIpc) is 3.53. The molecule has 0 spiro atoms. The van der Waals surface area contributed by atoms with E-state index in [0.717, 1.165) is 12.8 Å². The third-order valence-electron chi connectivity index (χ3n) is 5.32. The number of morpholine rings is 1. The monoisotopic (exact) mass is 433 g/mol. The van der Waals surface area contributed by atoms with E-state index in [1.807, 2.05) is 6.92 Å². The van der Waals surface area contributed by atoms with E-state index in [-0.39, 0.29) is 47.6 Å². The molecule has 8 nitrogen and oxygen atoms in total. The Morgan fingerprint density at radius 1 is 1.36 bits per heavy atom. The van der Waals surface area contributed by atoms with E-state index >= 15 is 0 Å². The second-order valence-electron chi connectivity index (χ2n) is 7.23. The van der Waals surface area contributed by atoms with Crippen molar-refractivity contribution in [3.63, 3.8) is 0 Å². The number of sulfonamides is 1. The molecule has 2 aliphatic rings. The molecule has 1 aliphatic carbocycles. The highest BCUT2D eigenvalue weighted by molar-refractivity contribution is 7.89. The van der Waals surface area contributed by atoms with Crippen LogP contribution in [0.5, 0.6) is 5.75 Å². The fourth-order valence-corrected chi connectivity index (χ4v) is 4.91. The number of methoxy groups -OCH3 is 1. The molecule has 1 amide bonds. The zero-order valence-corrected chi connectivity index (χ0v) is 17.8. The normalized spacial score (nSPS) is 20.0. The first-order chi connectivity index (χ1) is 12.8. The van der Waals surface area contributed by atoms with Crippen LogP contribution < -0.4 is 15.8 Å². The average molecular weight is 434 g/mol. The van der Waals surface area contributed by atoms with Crippen LogP contribution in [0.15, 0.2) is 23.1 Å². The number of hydrogen-bond acceptors (Lipinski definition) is 6. The number of halogens is 1. The standard InChI is InChI=1S/C18H27N3O5S.ClH/c1-18(12-19,14-4-5-14)20-17(22)13-3-6-15(25-2)16(11-13)27(23,24)21-7-9-26-10-8-21;/h3,6,11,14H,4-5,7-10,12,19H2,1-2H3,(H,20,22);1H. The zero-order valence-electron chi connectivity index (χ0n) is 16.1. The van der Waals surface area contributed by atoms with E-state index in [1.165, 1.54) is 23.5 Å². The van der Waals surface area contributed by atoms with Crippen LogP contribution in [0.2, 0.25) is 0 Å². The Morgan fingerprint density at radius 2 is 2.00 bits per heavy atom. The number of ether oxygens (including phenoxy) is 2. The molecule has 1 saturated carbocycles. The molecule has 1 atom stereocenters. The predicted molar refractivity (Wildman–Crippen MR) is 107 cm³/mol. The number of amides is 1. The molecule has 3 rings (SSSR count). The van der Waals surface area contributed by atoms with Gasteiger partial charge in [0.25, 0.3) is 5.91 Å². The molecule has 1 aromatic rings. The summed E-state index contributed by atoms with van der Waals surface area (Å²) in [4.78, 5) is 12.8. The van der Waals surface area contributed by atoms with E-state index < -0.39 is 15.6 Å². The molecule has 3 N–H and O–H groups in total. The Balaban J connectivity index is 0.00000280. The molecular formula is C18H28ClN3O5S. The van der Waals surface area contributed by atoms with Gasteiger partial charge in [-0.2, -0.15) is 4.31 Å². The summed E-state index contributed by atoms with van der Waals surface area (Å²) in [6.45, 7) is 3.50. The van der Waals surface area contributed by atoms with E-state index in [1.54, 1.807) is 6.07 Å². The summed E-state index contributed by atoms with van der Waals surface area (Å²) in [6, 6.07) is 4.46.